The van der Waals surface area contributed by atoms with Crippen molar-refractivity contribution in [1.82, 2.24) is 14.8 Å². The molecule has 0 bridgehead atoms. The molecule has 0 radical (unpaired) electrons. The molecule has 0 fully saturated rings. The van der Waals surface area contributed by atoms with Crippen LogP contribution in [0.3, 0.4) is 0 Å². The lowest BCUT2D eigenvalue weighted by molar-refractivity contribution is 0.100. The van der Waals surface area contributed by atoms with Crippen LogP contribution in [0.5, 0.6) is 0 Å². The van der Waals surface area contributed by atoms with E-state index < -0.39 is 11.7 Å². The van der Waals surface area contributed by atoms with E-state index in [0.717, 1.165) is 49.2 Å². The Kier molecular flexibility index (Phi) is 7.41. The van der Waals surface area contributed by atoms with Gasteiger partial charge < -0.3 is 22.1 Å². The van der Waals surface area contributed by atoms with Gasteiger partial charge in [0.25, 0.3) is 5.91 Å². The molecule has 6 N–H and O–H groups in total. The number of aromatic nitrogens is 3. The fraction of sp³-hybridized carbons (Fsp3) is 0.409. The quantitative estimate of drug-likeness (QED) is 0.369. The summed E-state index contributed by atoms with van der Waals surface area (Å²) in [7, 11) is 0. The van der Waals surface area contributed by atoms with Crippen molar-refractivity contribution in [2.75, 3.05) is 17.2 Å². The number of fused-ring (bicyclic) bond motifs is 1. The van der Waals surface area contributed by atoms with E-state index in [1.807, 2.05) is 22.9 Å². The summed E-state index contributed by atoms with van der Waals surface area (Å²) in [6, 6.07) is 6.70. The van der Waals surface area contributed by atoms with Crippen molar-refractivity contribution < 1.29 is 9.18 Å². The minimum atomic E-state index is -0.765. The molecule has 1 amide bonds. The fourth-order valence-corrected chi connectivity index (χ4v) is 3.46. The Morgan fingerprint density at radius 1 is 1.23 bits per heavy atom. The zero-order valence-corrected chi connectivity index (χ0v) is 18.0. The normalized spacial score (nSPS) is 12.1. The topological polar surface area (TPSA) is 124 Å². The van der Waals surface area contributed by atoms with Crippen LogP contribution in [0.4, 0.5) is 21.7 Å². The number of nitrogens with two attached hydrogens (primary N) is 2. The number of nitrogens with one attached hydrogen (secondary N) is 2. The van der Waals surface area contributed by atoms with Crippen LogP contribution in [-0.4, -0.2) is 33.3 Å². The first-order chi connectivity index (χ1) is 15.0. The number of rotatable bonds is 11. The lowest BCUT2D eigenvalue weighted by Crippen LogP contribution is -2.30. The number of primary amides is 1. The number of benzene rings is 1. The van der Waals surface area contributed by atoms with Gasteiger partial charge in [-0.15, -0.1) is 0 Å². The number of amides is 1. The predicted octanol–water partition coefficient (Wildman–Crippen LogP) is 3.75. The summed E-state index contributed by atoms with van der Waals surface area (Å²) >= 11 is 0. The molecule has 0 aliphatic carbocycles. The average Bonchev–Trinajstić information content (AvgIpc) is 3.15. The number of hydrogen-bond acceptors (Lipinski definition) is 6. The molecule has 166 valence electrons. The molecule has 0 spiro atoms. The maximum absolute atomic E-state index is 14.6. The van der Waals surface area contributed by atoms with Crippen molar-refractivity contribution in [3.8, 4) is 0 Å². The molecular weight excluding hydrogens is 397 g/mol. The first-order valence-electron chi connectivity index (χ1n) is 10.7. The van der Waals surface area contributed by atoms with Crippen LogP contribution in [0.15, 0.2) is 30.5 Å². The van der Waals surface area contributed by atoms with E-state index in [2.05, 4.69) is 34.6 Å². The average molecular weight is 428 g/mol. The number of aryl methyl sites for hydroxylation is 1. The second-order valence-corrected chi connectivity index (χ2v) is 7.56. The third kappa shape index (κ3) is 5.29. The smallest absolute Gasteiger partial charge is 0.252 e. The molecule has 3 rings (SSSR count). The second kappa shape index (κ2) is 10.2. The van der Waals surface area contributed by atoms with Crippen LogP contribution < -0.4 is 22.1 Å². The highest BCUT2D eigenvalue weighted by Gasteiger charge is 2.18. The number of carbonyl (C=O) groups excluding carboxylic acids is 1. The molecule has 0 saturated heterocycles. The molecule has 3 aromatic rings. The molecule has 31 heavy (non-hydrogen) atoms. The molecule has 1 atom stereocenters. The number of nitrogens with zero attached hydrogens (tertiary/aromatic N) is 3. The number of carbonyl (C=O) groups is 1. The van der Waals surface area contributed by atoms with Gasteiger partial charge in [0.05, 0.1) is 17.3 Å². The number of hydrogen-bond donors (Lipinski definition) is 4. The molecule has 2 aromatic heterocycles. The van der Waals surface area contributed by atoms with E-state index in [1.165, 1.54) is 0 Å². The molecule has 1 aromatic carbocycles. The summed E-state index contributed by atoms with van der Waals surface area (Å²) in [6.07, 6.45) is 5.55. The van der Waals surface area contributed by atoms with Gasteiger partial charge in [-0.3, -0.25) is 9.48 Å². The number of pyridine rings is 1. The molecule has 0 saturated carbocycles. The monoisotopic (exact) mass is 427 g/mol. The summed E-state index contributed by atoms with van der Waals surface area (Å²) < 4.78 is 16.6. The minimum absolute atomic E-state index is 0.0253. The molecule has 2 heterocycles. The van der Waals surface area contributed by atoms with Crippen molar-refractivity contribution in [2.45, 2.75) is 52.1 Å². The number of anilines is 3. The lowest BCUT2D eigenvalue weighted by Gasteiger charge is -2.19. The molecule has 0 unspecified atom stereocenters. The number of unbranched alkanes of at least 4 members (excludes halogenated alkanes) is 1. The Bertz CT molecular complexity index is 1050. The van der Waals surface area contributed by atoms with Gasteiger partial charge in [0.15, 0.2) is 11.6 Å². The molecule has 8 nitrogen and oxygen atoms in total. The Morgan fingerprint density at radius 2 is 2.03 bits per heavy atom. The molecular formula is C22H30FN7O. The molecule has 0 aliphatic heterocycles. The Balaban J connectivity index is 1.91. The zero-order valence-electron chi connectivity index (χ0n) is 18.0. The van der Waals surface area contributed by atoms with Crippen LogP contribution in [0, 0.1) is 5.82 Å². The Hall–Kier alpha value is -3.20. The lowest BCUT2D eigenvalue weighted by atomic mass is 10.1. The van der Waals surface area contributed by atoms with Crippen molar-refractivity contribution in [1.29, 1.82) is 0 Å². The summed E-state index contributed by atoms with van der Waals surface area (Å²) in [5.41, 5.74) is 13.0. The SMILES string of the molecule is CCCC[C@H](CN)Nc1nc(Nc2ccc3c(cnn3CCC)c2)c(C(N)=O)cc1F. The fourth-order valence-electron chi connectivity index (χ4n) is 3.46. The summed E-state index contributed by atoms with van der Waals surface area (Å²) in [4.78, 5) is 16.2. The van der Waals surface area contributed by atoms with Gasteiger partial charge in [-0.2, -0.15) is 5.10 Å². The largest absolute Gasteiger partial charge is 0.365 e. The highest BCUT2D eigenvalue weighted by Crippen LogP contribution is 2.26. The van der Waals surface area contributed by atoms with Crippen LogP contribution in [0.2, 0.25) is 0 Å². The van der Waals surface area contributed by atoms with Gasteiger partial charge in [0.1, 0.15) is 5.82 Å². The Labute approximate surface area is 181 Å². The third-order valence-corrected chi connectivity index (χ3v) is 5.11. The zero-order chi connectivity index (χ0) is 22.4. The summed E-state index contributed by atoms with van der Waals surface area (Å²) in [6.45, 7) is 5.35. The predicted molar refractivity (Wildman–Crippen MR) is 122 cm³/mol. The van der Waals surface area contributed by atoms with Crippen molar-refractivity contribution in [2.24, 2.45) is 11.5 Å². The van der Waals surface area contributed by atoms with Crippen LogP contribution in [-0.2, 0) is 6.54 Å². The van der Waals surface area contributed by atoms with E-state index >= 15 is 0 Å². The number of halogens is 1. The van der Waals surface area contributed by atoms with Gasteiger partial charge in [0.2, 0.25) is 0 Å². The van der Waals surface area contributed by atoms with Gasteiger partial charge in [0, 0.05) is 30.2 Å². The van der Waals surface area contributed by atoms with Gasteiger partial charge in [-0.1, -0.05) is 26.7 Å². The van der Waals surface area contributed by atoms with Gasteiger partial charge in [-0.25, -0.2) is 9.37 Å². The van der Waals surface area contributed by atoms with E-state index in [1.54, 1.807) is 6.20 Å². The first-order valence-corrected chi connectivity index (χ1v) is 10.7. The van der Waals surface area contributed by atoms with Crippen molar-refractivity contribution >= 4 is 34.1 Å². The highest BCUT2D eigenvalue weighted by molar-refractivity contribution is 5.99. The summed E-state index contributed by atoms with van der Waals surface area (Å²) in [5, 5.41) is 11.5. The summed E-state index contributed by atoms with van der Waals surface area (Å²) in [5.74, 6) is -1.19. The second-order valence-electron chi connectivity index (χ2n) is 7.56. The van der Waals surface area contributed by atoms with E-state index in [9.17, 15) is 9.18 Å². The Morgan fingerprint density at radius 3 is 2.71 bits per heavy atom. The third-order valence-electron chi connectivity index (χ3n) is 5.11. The standard InChI is InChI=1S/C22H30FN7O/c1-3-5-6-16(12-24)28-22-18(23)11-17(20(25)31)21(29-22)27-15-7-8-19-14(10-15)13-26-30(19)9-4-2/h7-8,10-11,13,16H,3-6,9,12,24H2,1-2H3,(H2,25,31)(H2,27,28,29)/t16-/m1/s1. The van der Waals surface area contributed by atoms with Crippen LogP contribution in [0.1, 0.15) is 49.9 Å². The van der Waals surface area contributed by atoms with Gasteiger partial charge in [-0.05, 0) is 37.1 Å². The first kappa shape index (κ1) is 22.5. The molecule has 0 aliphatic rings. The van der Waals surface area contributed by atoms with Gasteiger partial charge >= 0.3 is 0 Å². The van der Waals surface area contributed by atoms with Crippen molar-refractivity contribution in [3.63, 3.8) is 0 Å². The van der Waals surface area contributed by atoms with E-state index in [4.69, 9.17) is 11.5 Å². The highest BCUT2D eigenvalue weighted by atomic mass is 19.1. The van der Waals surface area contributed by atoms with Crippen LogP contribution in [0.25, 0.3) is 10.9 Å². The maximum atomic E-state index is 14.6. The molecule has 9 heteroatoms. The maximum Gasteiger partial charge on any atom is 0.252 e. The van der Waals surface area contributed by atoms with Crippen molar-refractivity contribution in [3.05, 3.63) is 41.8 Å². The van der Waals surface area contributed by atoms with E-state index in [-0.39, 0.29) is 23.2 Å². The van der Waals surface area contributed by atoms with Crippen LogP contribution >= 0.6 is 0 Å². The minimum Gasteiger partial charge on any atom is -0.365 e. The van der Waals surface area contributed by atoms with E-state index in [0.29, 0.717) is 12.2 Å².